The van der Waals surface area contributed by atoms with Gasteiger partial charge in [-0.1, -0.05) is 38.7 Å². The van der Waals surface area contributed by atoms with Crippen molar-refractivity contribution in [1.82, 2.24) is 0 Å². The van der Waals surface area contributed by atoms with Crippen LogP contribution < -0.4 is 0 Å². The molecule has 0 aromatic heterocycles. The number of hydrogen-bond donors (Lipinski definition) is 0. The minimum absolute atomic E-state index is 0.0420. The third-order valence-electron chi connectivity index (χ3n) is 5.20. The molecule has 0 aromatic rings. The van der Waals surface area contributed by atoms with Gasteiger partial charge in [-0.05, 0) is 50.4 Å². The van der Waals surface area contributed by atoms with Gasteiger partial charge in [-0.3, -0.25) is 4.79 Å². The molecule has 20 heavy (non-hydrogen) atoms. The maximum Gasteiger partial charge on any atom is 0.309 e. The Morgan fingerprint density at radius 3 is 2.50 bits per heavy atom. The average Bonchev–Trinajstić information content (AvgIpc) is 2.46. The summed E-state index contributed by atoms with van der Waals surface area (Å²) < 4.78 is 5.63. The molecule has 2 aliphatic rings. The Morgan fingerprint density at radius 2 is 1.85 bits per heavy atom. The van der Waals surface area contributed by atoms with E-state index in [0.29, 0.717) is 0 Å². The summed E-state index contributed by atoms with van der Waals surface area (Å²) in [5.41, 5.74) is 0. The van der Waals surface area contributed by atoms with E-state index in [9.17, 15) is 4.79 Å². The Bertz CT molecular complexity index is 315. The molecule has 0 amide bonds. The summed E-state index contributed by atoms with van der Waals surface area (Å²) in [6.07, 6.45) is 13.9. The molecule has 2 fully saturated rings. The molecule has 1 saturated heterocycles. The topological polar surface area (TPSA) is 26.3 Å². The Kier molecular flexibility index (Phi) is 6.12. The van der Waals surface area contributed by atoms with E-state index in [1.807, 2.05) is 6.08 Å². The number of cyclic esters (lactones) is 1. The summed E-state index contributed by atoms with van der Waals surface area (Å²) in [7, 11) is 0. The zero-order valence-electron chi connectivity index (χ0n) is 13.0. The molecule has 0 spiro atoms. The lowest BCUT2D eigenvalue weighted by molar-refractivity contribution is -0.161. The maximum absolute atomic E-state index is 11.9. The van der Waals surface area contributed by atoms with Gasteiger partial charge >= 0.3 is 5.97 Å². The Hall–Kier alpha value is -0.790. The van der Waals surface area contributed by atoms with E-state index in [0.717, 1.165) is 43.9 Å². The molecular weight excluding hydrogens is 248 g/mol. The normalized spacial score (nSPS) is 34.5. The van der Waals surface area contributed by atoms with Crippen LogP contribution in [0.3, 0.4) is 0 Å². The molecule has 0 radical (unpaired) electrons. The van der Waals surface area contributed by atoms with E-state index in [-0.39, 0.29) is 18.0 Å². The number of rotatable bonds is 6. The number of carbonyl (C=O) groups is 1. The van der Waals surface area contributed by atoms with E-state index in [1.54, 1.807) is 0 Å². The first-order valence-electron chi connectivity index (χ1n) is 8.50. The molecular formula is C18H30O2. The zero-order valence-corrected chi connectivity index (χ0v) is 13.0. The van der Waals surface area contributed by atoms with Crippen LogP contribution in [-0.2, 0) is 9.53 Å². The summed E-state index contributed by atoms with van der Waals surface area (Å²) >= 11 is 0. The van der Waals surface area contributed by atoms with Gasteiger partial charge in [0.25, 0.3) is 0 Å². The van der Waals surface area contributed by atoms with Crippen molar-refractivity contribution in [3.05, 3.63) is 12.7 Å². The number of esters is 1. The van der Waals surface area contributed by atoms with E-state index in [4.69, 9.17) is 4.74 Å². The minimum atomic E-state index is 0.0420. The molecule has 2 atom stereocenters. The predicted octanol–water partition coefficient (Wildman–Crippen LogP) is 4.88. The molecule has 0 bridgehead atoms. The third-order valence-corrected chi connectivity index (χ3v) is 5.20. The van der Waals surface area contributed by atoms with Crippen LogP contribution >= 0.6 is 0 Å². The second-order valence-electron chi connectivity index (χ2n) is 6.90. The lowest BCUT2D eigenvalue weighted by atomic mass is 9.80. The second-order valence-corrected chi connectivity index (χ2v) is 6.90. The monoisotopic (exact) mass is 278 g/mol. The average molecular weight is 278 g/mol. The largest absolute Gasteiger partial charge is 0.462 e. The third kappa shape index (κ3) is 4.64. The molecule has 2 nitrogen and oxygen atoms in total. The maximum atomic E-state index is 11.9. The highest BCUT2D eigenvalue weighted by Crippen LogP contribution is 2.33. The Morgan fingerprint density at radius 1 is 1.10 bits per heavy atom. The van der Waals surface area contributed by atoms with Gasteiger partial charge in [0.05, 0.1) is 5.92 Å². The van der Waals surface area contributed by atoms with Crippen LogP contribution in [0.2, 0.25) is 0 Å². The van der Waals surface area contributed by atoms with Crippen molar-refractivity contribution in [3.8, 4) is 0 Å². The summed E-state index contributed by atoms with van der Waals surface area (Å²) in [6.45, 7) is 6.08. The van der Waals surface area contributed by atoms with Crippen molar-refractivity contribution in [2.45, 2.75) is 77.2 Å². The highest BCUT2D eigenvalue weighted by Gasteiger charge is 2.30. The van der Waals surface area contributed by atoms with Crippen molar-refractivity contribution in [2.75, 3.05) is 0 Å². The lowest BCUT2D eigenvalue weighted by Crippen LogP contribution is -2.31. The van der Waals surface area contributed by atoms with Gasteiger partial charge in [0.15, 0.2) is 0 Å². The van der Waals surface area contributed by atoms with Crippen molar-refractivity contribution in [3.63, 3.8) is 0 Å². The van der Waals surface area contributed by atoms with Crippen LogP contribution in [0.25, 0.3) is 0 Å². The van der Waals surface area contributed by atoms with E-state index < -0.39 is 0 Å². The Labute approximate surface area is 124 Å². The fourth-order valence-corrected chi connectivity index (χ4v) is 3.65. The molecule has 1 heterocycles. The number of carbonyl (C=O) groups excluding carboxylic acids is 1. The SMILES string of the molecule is C=CCCC1CCC(CCC2CCC(C)CC2)OC1=O. The molecule has 1 aliphatic heterocycles. The predicted molar refractivity (Wildman–Crippen MR) is 82.4 cm³/mol. The van der Waals surface area contributed by atoms with Gasteiger partial charge in [0.2, 0.25) is 0 Å². The molecule has 0 N–H and O–H groups in total. The standard InChI is InChI=1S/C18H30O2/c1-3-4-5-16-11-13-17(20-18(16)19)12-10-15-8-6-14(2)7-9-15/h3,14-17H,1,4-13H2,2H3. The highest BCUT2D eigenvalue weighted by atomic mass is 16.5. The second kappa shape index (κ2) is 7.85. The summed E-state index contributed by atoms with van der Waals surface area (Å²) in [6, 6.07) is 0. The van der Waals surface area contributed by atoms with Crippen molar-refractivity contribution >= 4 is 5.97 Å². The molecule has 1 saturated carbocycles. The van der Waals surface area contributed by atoms with Gasteiger partial charge in [-0.15, -0.1) is 6.58 Å². The van der Waals surface area contributed by atoms with Gasteiger partial charge in [-0.25, -0.2) is 0 Å². The van der Waals surface area contributed by atoms with Crippen molar-refractivity contribution < 1.29 is 9.53 Å². The molecule has 1 aliphatic carbocycles. The Balaban J connectivity index is 1.65. The summed E-state index contributed by atoms with van der Waals surface area (Å²) in [5, 5.41) is 0. The van der Waals surface area contributed by atoms with Gasteiger partial charge < -0.3 is 4.74 Å². The number of ether oxygens (including phenoxy) is 1. The number of allylic oxidation sites excluding steroid dienone is 1. The van der Waals surface area contributed by atoms with Gasteiger partial charge in [0, 0.05) is 0 Å². The number of hydrogen-bond acceptors (Lipinski definition) is 2. The van der Waals surface area contributed by atoms with Crippen LogP contribution in [0, 0.1) is 17.8 Å². The first-order valence-corrected chi connectivity index (χ1v) is 8.50. The minimum Gasteiger partial charge on any atom is -0.462 e. The summed E-state index contributed by atoms with van der Waals surface area (Å²) in [4.78, 5) is 11.9. The van der Waals surface area contributed by atoms with Crippen LogP contribution in [0.4, 0.5) is 0 Å². The van der Waals surface area contributed by atoms with E-state index in [1.165, 1.54) is 32.1 Å². The van der Waals surface area contributed by atoms with E-state index >= 15 is 0 Å². The van der Waals surface area contributed by atoms with Crippen molar-refractivity contribution in [2.24, 2.45) is 17.8 Å². The molecule has 2 unspecified atom stereocenters. The quantitative estimate of drug-likeness (QED) is 0.511. The zero-order chi connectivity index (χ0) is 14.4. The highest BCUT2D eigenvalue weighted by molar-refractivity contribution is 5.73. The first kappa shape index (κ1) is 15.6. The van der Waals surface area contributed by atoms with Crippen LogP contribution in [-0.4, -0.2) is 12.1 Å². The van der Waals surface area contributed by atoms with E-state index in [2.05, 4.69) is 13.5 Å². The molecule has 2 heteroatoms. The molecule has 0 aromatic carbocycles. The van der Waals surface area contributed by atoms with Crippen molar-refractivity contribution in [1.29, 1.82) is 0 Å². The lowest BCUT2D eigenvalue weighted by Gasteiger charge is -2.30. The fraction of sp³-hybridized carbons (Fsp3) is 0.833. The summed E-state index contributed by atoms with van der Waals surface area (Å²) in [5.74, 6) is 1.97. The van der Waals surface area contributed by atoms with Crippen LogP contribution in [0.15, 0.2) is 12.7 Å². The first-order chi connectivity index (χ1) is 9.69. The van der Waals surface area contributed by atoms with Crippen LogP contribution in [0.5, 0.6) is 0 Å². The fourth-order valence-electron chi connectivity index (χ4n) is 3.65. The van der Waals surface area contributed by atoms with Gasteiger partial charge in [0.1, 0.15) is 6.10 Å². The van der Waals surface area contributed by atoms with Crippen LogP contribution in [0.1, 0.15) is 71.1 Å². The molecule has 2 rings (SSSR count). The smallest absolute Gasteiger partial charge is 0.309 e. The molecule has 114 valence electrons. The van der Waals surface area contributed by atoms with Gasteiger partial charge in [-0.2, -0.15) is 0 Å².